The molecule has 1 atom stereocenters. The first-order chi connectivity index (χ1) is 8.68. The number of rotatable bonds is 4. The highest BCUT2D eigenvalue weighted by atomic mass is 32.2. The standard InChI is InChI=1S/C14H12O3S/c15-13(11-6-2-1-3-7-11)10-12-8-4-5-9-14(12)18(16)17/h1-9H,10H2,(H,16,17). The first-order valence-corrected chi connectivity index (χ1v) is 6.56. The van der Waals surface area contributed by atoms with Gasteiger partial charge in [-0.1, -0.05) is 48.5 Å². The van der Waals surface area contributed by atoms with Crippen LogP contribution in [0.1, 0.15) is 15.9 Å². The Kier molecular flexibility index (Phi) is 4.02. The third kappa shape index (κ3) is 2.91. The molecule has 0 radical (unpaired) electrons. The molecule has 1 N–H and O–H groups in total. The van der Waals surface area contributed by atoms with Gasteiger partial charge in [-0.2, -0.15) is 0 Å². The summed E-state index contributed by atoms with van der Waals surface area (Å²) in [6, 6.07) is 15.6. The van der Waals surface area contributed by atoms with E-state index in [1.807, 2.05) is 6.07 Å². The molecular formula is C14H12O3S. The van der Waals surface area contributed by atoms with E-state index in [0.717, 1.165) is 0 Å². The number of ketones is 1. The van der Waals surface area contributed by atoms with Gasteiger partial charge in [-0.3, -0.25) is 4.79 Å². The second kappa shape index (κ2) is 5.71. The molecule has 0 amide bonds. The average molecular weight is 260 g/mol. The summed E-state index contributed by atoms with van der Waals surface area (Å²) in [6.45, 7) is 0. The lowest BCUT2D eigenvalue weighted by atomic mass is 10.0. The maximum atomic E-state index is 12.0. The molecule has 0 spiro atoms. The minimum atomic E-state index is -2.07. The van der Waals surface area contributed by atoms with Crippen molar-refractivity contribution in [1.82, 2.24) is 0 Å². The van der Waals surface area contributed by atoms with Gasteiger partial charge in [0.15, 0.2) is 16.9 Å². The van der Waals surface area contributed by atoms with Gasteiger partial charge in [-0.25, -0.2) is 4.21 Å². The van der Waals surface area contributed by atoms with E-state index in [9.17, 15) is 9.00 Å². The minimum Gasteiger partial charge on any atom is -0.302 e. The zero-order valence-corrected chi connectivity index (χ0v) is 10.4. The molecule has 0 aliphatic rings. The molecule has 0 saturated heterocycles. The van der Waals surface area contributed by atoms with Gasteiger partial charge in [-0.15, -0.1) is 0 Å². The summed E-state index contributed by atoms with van der Waals surface area (Å²) in [4.78, 5) is 12.3. The van der Waals surface area contributed by atoms with Crippen LogP contribution in [0, 0.1) is 0 Å². The molecule has 0 bridgehead atoms. The highest BCUT2D eigenvalue weighted by Crippen LogP contribution is 2.15. The highest BCUT2D eigenvalue weighted by Gasteiger charge is 2.12. The molecule has 0 aromatic heterocycles. The van der Waals surface area contributed by atoms with Crippen molar-refractivity contribution in [2.45, 2.75) is 11.3 Å². The van der Waals surface area contributed by atoms with Crippen molar-refractivity contribution in [3.8, 4) is 0 Å². The quantitative estimate of drug-likeness (QED) is 0.679. The Morgan fingerprint density at radius 1 is 1.00 bits per heavy atom. The van der Waals surface area contributed by atoms with E-state index in [4.69, 9.17) is 4.55 Å². The topological polar surface area (TPSA) is 54.4 Å². The average Bonchev–Trinajstić information content (AvgIpc) is 2.40. The summed E-state index contributed by atoms with van der Waals surface area (Å²) in [5.41, 5.74) is 1.20. The predicted octanol–water partition coefficient (Wildman–Crippen LogP) is 2.69. The van der Waals surface area contributed by atoms with Crippen LogP contribution in [-0.4, -0.2) is 14.5 Å². The van der Waals surface area contributed by atoms with Gasteiger partial charge in [-0.05, 0) is 11.6 Å². The largest absolute Gasteiger partial charge is 0.302 e. The molecule has 0 heterocycles. The van der Waals surface area contributed by atoms with Gasteiger partial charge in [0.05, 0.1) is 4.90 Å². The second-order valence-electron chi connectivity index (χ2n) is 3.82. The fourth-order valence-electron chi connectivity index (χ4n) is 1.72. The van der Waals surface area contributed by atoms with Crippen LogP contribution in [0.2, 0.25) is 0 Å². The summed E-state index contributed by atoms with van der Waals surface area (Å²) in [5, 5.41) is 0. The Balaban J connectivity index is 2.25. The molecule has 1 unspecified atom stereocenters. The van der Waals surface area contributed by atoms with E-state index in [1.165, 1.54) is 0 Å². The van der Waals surface area contributed by atoms with Crippen LogP contribution in [0.25, 0.3) is 0 Å². The summed E-state index contributed by atoms with van der Waals surface area (Å²) >= 11 is -2.07. The molecule has 2 aromatic rings. The lowest BCUT2D eigenvalue weighted by Crippen LogP contribution is -2.06. The molecule has 0 aliphatic carbocycles. The summed E-state index contributed by atoms with van der Waals surface area (Å²) < 4.78 is 20.3. The third-order valence-corrected chi connectivity index (χ3v) is 3.38. The third-order valence-electron chi connectivity index (χ3n) is 2.61. The maximum absolute atomic E-state index is 12.0. The molecule has 0 aliphatic heterocycles. The van der Waals surface area contributed by atoms with Crippen LogP contribution in [0.5, 0.6) is 0 Å². The van der Waals surface area contributed by atoms with Crippen molar-refractivity contribution in [2.24, 2.45) is 0 Å². The van der Waals surface area contributed by atoms with Crippen LogP contribution in [0.3, 0.4) is 0 Å². The van der Waals surface area contributed by atoms with E-state index in [2.05, 4.69) is 0 Å². The van der Waals surface area contributed by atoms with E-state index in [1.54, 1.807) is 48.5 Å². The number of hydrogen-bond acceptors (Lipinski definition) is 2. The summed E-state index contributed by atoms with van der Waals surface area (Å²) in [7, 11) is 0. The van der Waals surface area contributed by atoms with E-state index >= 15 is 0 Å². The van der Waals surface area contributed by atoms with Crippen LogP contribution in [-0.2, 0) is 17.5 Å². The molecule has 18 heavy (non-hydrogen) atoms. The fraction of sp³-hybridized carbons (Fsp3) is 0.0714. The van der Waals surface area contributed by atoms with Crippen molar-refractivity contribution in [3.05, 3.63) is 65.7 Å². The van der Waals surface area contributed by atoms with E-state index < -0.39 is 11.1 Å². The first kappa shape index (κ1) is 12.7. The number of benzene rings is 2. The van der Waals surface area contributed by atoms with Crippen molar-refractivity contribution in [1.29, 1.82) is 0 Å². The van der Waals surface area contributed by atoms with Crippen LogP contribution in [0.4, 0.5) is 0 Å². The zero-order valence-electron chi connectivity index (χ0n) is 9.58. The number of Topliss-reactive ketones (excluding diaryl/α,β-unsaturated/α-hetero) is 1. The Morgan fingerprint density at radius 2 is 1.61 bits per heavy atom. The molecule has 3 nitrogen and oxygen atoms in total. The van der Waals surface area contributed by atoms with Gasteiger partial charge in [0.2, 0.25) is 0 Å². The molecule has 0 fully saturated rings. The Morgan fingerprint density at radius 3 is 2.28 bits per heavy atom. The fourth-order valence-corrected chi connectivity index (χ4v) is 2.28. The van der Waals surface area contributed by atoms with E-state index in [-0.39, 0.29) is 12.2 Å². The second-order valence-corrected chi connectivity index (χ2v) is 4.76. The predicted molar refractivity (Wildman–Crippen MR) is 70.0 cm³/mol. The number of hydrogen-bond donors (Lipinski definition) is 1. The van der Waals surface area contributed by atoms with Gasteiger partial charge >= 0.3 is 0 Å². The van der Waals surface area contributed by atoms with Gasteiger partial charge < -0.3 is 4.55 Å². The number of carbonyl (C=O) groups is 1. The Bertz CT molecular complexity index is 579. The van der Waals surface area contributed by atoms with Gasteiger partial charge in [0.25, 0.3) is 0 Å². The zero-order chi connectivity index (χ0) is 13.0. The number of carbonyl (C=O) groups excluding carboxylic acids is 1. The summed E-state index contributed by atoms with van der Waals surface area (Å²) in [6.07, 6.45) is 0.131. The van der Waals surface area contributed by atoms with Crippen LogP contribution >= 0.6 is 0 Å². The highest BCUT2D eigenvalue weighted by molar-refractivity contribution is 7.79. The first-order valence-electron chi connectivity index (χ1n) is 5.45. The molecule has 92 valence electrons. The van der Waals surface area contributed by atoms with Crippen LogP contribution < -0.4 is 0 Å². The van der Waals surface area contributed by atoms with Crippen molar-refractivity contribution >= 4 is 16.9 Å². The minimum absolute atomic E-state index is 0.0616. The molecule has 2 rings (SSSR count). The Hall–Kier alpha value is -1.78. The molecule has 4 heteroatoms. The summed E-state index contributed by atoms with van der Waals surface area (Å²) in [5.74, 6) is -0.0616. The van der Waals surface area contributed by atoms with Crippen molar-refractivity contribution in [2.75, 3.05) is 0 Å². The van der Waals surface area contributed by atoms with Crippen molar-refractivity contribution in [3.63, 3.8) is 0 Å². The SMILES string of the molecule is O=C(Cc1ccccc1S(=O)O)c1ccccc1. The van der Waals surface area contributed by atoms with Crippen molar-refractivity contribution < 1.29 is 13.6 Å². The molecule has 2 aromatic carbocycles. The monoisotopic (exact) mass is 260 g/mol. The lowest BCUT2D eigenvalue weighted by molar-refractivity contribution is 0.0992. The smallest absolute Gasteiger partial charge is 0.186 e. The molecular weight excluding hydrogens is 248 g/mol. The normalized spacial score (nSPS) is 12.1. The molecule has 0 saturated carbocycles. The Labute approximate surface area is 108 Å². The van der Waals surface area contributed by atoms with Gasteiger partial charge in [0.1, 0.15) is 0 Å². The van der Waals surface area contributed by atoms with Crippen LogP contribution in [0.15, 0.2) is 59.5 Å². The maximum Gasteiger partial charge on any atom is 0.186 e. The van der Waals surface area contributed by atoms with Gasteiger partial charge in [0, 0.05) is 12.0 Å². The van der Waals surface area contributed by atoms with E-state index in [0.29, 0.717) is 16.0 Å². The lowest BCUT2D eigenvalue weighted by Gasteiger charge is -2.05.